The Bertz CT molecular complexity index is 2460. The number of rotatable bonds is 4. The second-order valence-corrected chi connectivity index (χ2v) is 12.6. The first-order chi connectivity index (χ1) is 24.8. The highest BCUT2D eigenvalue weighted by atomic mass is 16.5. The van der Waals surface area contributed by atoms with Gasteiger partial charge in [-0.05, 0) is 46.5 Å². The monoisotopic (exact) mass is 640 g/mol. The molecular weight excluding hydrogens is 613 g/mol. The molecular formula is C45H28N4O. The maximum atomic E-state index is 6.50. The summed E-state index contributed by atoms with van der Waals surface area (Å²) in [5.41, 5.74) is 11.2. The van der Waals surface area contributed by atoms with Crippen molar-refractivity contribution in [2.75, 3.05) is 0 Å². The molecule has 1 aliphatic heterocycles. The largest absolute Gasteiger partial charge is 0.457 e. The van der Waals surface area contributed by atoms with Crippen LogP contribution in [0.3, 0.4) is 0 Å². The van der Waals surface area contributed by atoms with Crippen molar-refractivity contribution in [2.45, 2.75) is 5.41 Å². The van der Waals surface area contributed by atoms with Crippen LogP contribution in [-0.4, -0.2) is 19.9 Å². The Morgan fingerprint density at radius 1 is 0.380 bits per heavy atom. The zero-order chi connectivity index (χ0) is 33.1. The van der Waals surface area contributed by atoms with Crippen molar-refractivity contribution in [1.29, 1.82) is 0 Å². The minimum absolute atomic E-state index is 0.563. The van der Waals surface area contributed by atoms with Gasteiger partial charge in [0.05, 0.1) is 11.1 Å². The van der Waals surface area contributed by atoms with Gasteiger partial charge in [0.1, 0.15) is 11.5 Å². The van der Waals surface area contributed by atoms with Crippen LogP contribution in [0.25, 0.3) is 56.5 Å². The average molecular weight is 641 g/mol. The van der Waals surface area contributed by atoms with Crippen LogP contribution in [-0.2, 0) is 5.41 Å². The molecule has 6 aromatic carbocycles. The number of nitrogens with zero attached hydrogens (tertiary/aromatic N) is 4. The predicted octanol–water partition coefficient (Wildman–Crippen LogP) is 10.4. The number of pyridine rings is 1. The SMILES string of the molecule is c1ccc(-c2nc(-c3ccccc3)nc(-c3ccc(-c4ccc5c(c4)C4(c6ccccc6Oc6ccccc64)c4cccnc4-5)cc3)n2)cc1. The van der Waals surface area contributed by atoms with E-state index >= 15 is 0 Å². The summed E-state index contributed by atoms with van der Waals surface area (Å²) in [7, 11) is 0. The fourth-order valence-electron chi connectivity index (χ4n) is 7.63. The second-order valence-electron chi connectivity index (χ2n) is 12.6. The van der Waals surface area contributed by atoms with E-state index in [4.69, 9.17) is 24.7 Å². The molecule has 2 aliphatic rings. The van der Waals surface area contributed by atoms with E-state index in [-0.39, 0.29) is 0 Å². The maximum Gasteiger partial charge on any atom is 0.164 e. The molecule has 1 spiro atoms. The van der Waals surface area contributed by atoms with Gasteiger partial charge in [0.15, 0.2) is 17.5 Å². The van der Waals surface area contributed by atoms with Crippen LogP contribution in [0.15, 0.2) is 170 Å². The molecule has 5 heteroatoms. The first-order valence-electron chi connectivity index (χ1n) is 16.7. The molecule has 0 saturated carbocycles. The summed E-state index contributed by atoms with van der Waals surface area (Å²) in [6.07, 6.45) is 1.89. The maximum absolute atomic E-state index is 6.50. The lowest BCUT2D eigenvalue weighted by Crippen LogP contribution is -2.32. The van der Waals surface area contributed by atoms with E-state index in [9.17, 15) is 0 Å². The Kier molecular flexibility index (Phi) is 6.33. The summed E-state index contributed by atoms with van der Waals surface area (Å²) in [5.74, 6) is 3.66. The smallest absolute Gasteiger partial charge is 0.164 e. The fourth-order valence-corrected chi connectivity index (χ4v) is 7.63. The lowest BCUT2D eigenvalue weighted by molar-refractivity contribution is 0.436. The Morgan fingerprint density at radius 3 is 1.46 bits per heavy atom. The molecule has 1 aliphatic carbocycles. The topological polar surface area (TPSA) is 60.8 Å². The van der Waals surface area contributed by atoms with E-state index in [1.807, 2.05) is 85.1 Å². The molecule has 0 amide bonds. The summed E-state index contributed by atoms with van der Waals surface area (Å²) in [6.45, 7) is 0. The molecule has 0 unspecified atom stereocenters. The molecule has 5 nitrogen and oxygen atoms in total. The van der Waals surface area contributed by atoms with Gasteiger partial charge in [-0.3, -0.25) is 4.98 Å². The number of ether oxygens (including phenoxy) is 1. The van der Waals surface area contributed by atoms with Gasteiger partial charge >= 0.3 is 0 Å². The Hall–Kier alpha value is -6.72. The van der Waals surface area contributed by atoms with Crippen LogP contribution in [0.1, 0.15) is 22.3 Å². The minimum Gasteiger partial charge on any atom is -0.457 e. The van der Waals surface area contributed by atoms with E-state index in [1.54, 1.807) is 0 Å². The van der Waals surface area contributed by atoms with E-state index in [0.717, 1.165) is 61.7 Å². The molecule has 0 fully saturated rings. The van der Waals surface area contributed by atoms with Crippen molar-refractivity contribution in [3.63, 3.8) is 0 Å². The van der Waals surface area contributed by atoms with Gasteiger partial charge in [0.2, 0.25) is 0 Å². The van der Waals surface area contributed by atoms with Crippen molar-refractivity contribution in [2.24, 2.45) is 0 Å². The van der Waals surface area contributed by atoms with E-state index < -0.39 is 5.41 Å². The first kappa shape index (κ1) is 28.3. The lowest BCUT2D eigenvalue weighted by Gasteiger charge is -2.39. The van der Waals surface area contributed by atoms with Crippen LogP contribution in [0.5, 0.6) is 11.5 Å². The third-order valence-corrected chi connectivity index (χ3v) is 9.87. The van der Waals surface area contributed by atoms with Gasteiger partial charge in [-0.15, -0.1) is 0 Å². The van der Waals surface area contributed by atoms with Gasteiger partial charge in [-0.25, -0.2) is 15.0 Å². The molecule has 10 rings (SSSR count). The number of aromatic nitrogens is 4. The van der Waals surface area contributed by atoms with Crippen molar-refractivity contribution in [3.8, 4) is 68.0 Å². The van der Waals surface area contributed by atoms with Crippen LogP contribution < -0.4 is 4.74 Å². The number of fused-ring (bicyclic) bond motifs is 9. The Balaban J connectivity index is 1.11. The highest BCUT2D eigenvalue weighted by Crippen LogP contribution is 2.61. The molecule has 3 heterocycles. The normalized spacial score (nSPS) is 13.1. The Labute approximate surface area is 289 Å². The lowest BCUT2D eigenvalue weighted by atomic mass is 9.66. The Morgan fingerprint density at radius 2 is 0.860 bits per heavy atom. The highest BCUT2D eigenvalue weighted by Gasteiger charge is 2.51. The van der Waals surface area contributed by atoms with E-state index in [2.05, 4.69) is 84.9 Å². The van der Waals surface area contributed by atoms with E-state index in [0.29, 0.717) is 17.5 Å². The van der Waals surface area contributed by atoms with Gasteiger partial charge < -0.3 is 4.74 Å². The molecule has 0 N–H and O–H groups in total. The molecule has 2 aromatic heterocycles. The molecule has 0 radical (unpaired) electrons. The standard InChI is InChI=1S/C45H28N4O/c1-3-12-30(13-4-1)42-47-43(31-14-5-2-6-15-31)49-44(48-42)32-23-21-29(22-24-32)33-25-26-34-38(28-33)45(37-18-11-27-46-41(34)37)35-16-7-9-19-39(35)50-40-20-10-8-17-36(40)45/h1-28H. The average Bonchev–Trinajstić information content (AvgIpc) is 3.48. The van der Waals surface area contributed by atoms with Gasteiger partial charge in [0, 0.05) is 39.6 Å². The molecule has 0 saturated heterocycles. The van der Waals surface area contributed by atoms with Crippen LogP contribution >= 0.6 is 0 Å². The quantitative estimate of drug-likeness (QED) is 0.192. The number of benzene rings is 6. The predicted molar refractivity (Wildman–Crippen MR) is 197 cm³/mol. The van der Waals surface area contributed by atoms with E-state index in [1.165, 1.54) is 11.1 Å². The molecule has 234 valence electrons. The number of hydrogen-bond acceptors (Lipinski definition) is 5. The third-order valence-electron chi connectivity index (χ3n) is 9.87. The molecule has 50 heavy (non-hydrogen) atoms. The van der Waals surface area contributed by atoms with Gasteiger partial charge in [-0.1, -0.05) is 140 Å². The van der Waals surface area contributed by atoms with Gasteiger partial charge in [-0.2, -0.15) is 0 Å². The highest BCUT2D eigenvalue weighted by molar-refractivity contribution is 5.88. The minimum atomic E-state index is -0.563. The van der Waals surface area contributed by atoms with Crippen molar-refractivity contribution >= 4 is 0 Å². The number of para-hydroxylation sites is 2. The molecule has 8 aromatic rings. The van der Waals surface area contributed by atoms with Crippen molar-refractivity contribution in [1.82, 2.24) is 19.9 Å². The summed E-state index contributed by atoms with van der Waals surface area (Å²) in [6, 6.07) is 56.5. The van der Waals surface area contributed by atoms with Crippen LogP contribution in [0, 0.1) is 0 Å². The summed E-state index contributed by atoms with van der Waals surface area (Å²) in [4.78, 5) is 19.7. The zero-order valence-corrected chi connectivity index (χ0v) is 26.9. The van der Waals surface area contributed by atoms with Crippen molar-refractivity contribution < 1.29 is 4.74 Å². The fraction of sp³-hybridized carbons (Fsp3) is 0.0222. The molecule has 0 atom stereocenters. The van der Waals surface area contributed by atoms with Gasteiger partial charge in [0.25, 0.3) is 0 Å². The van der Waals surface area contributed by atoms with Crippen LogP contribution in [0.4, 0.5) is 0 Å². The van der Waals surface area contributed by atoms with Crippen LogP contribution in [0.2, 0.25) is 0 Å². The summed E-state index contributed by atoms with van der Waals surface area (Å²) < 4.78 is 6.50. The van der Waals surface area contributed by atoms with Crippen molar-refractivity contribution in [3.05, 3.63) is 192 Å². The number of hydrogen-bond donors (Lipinski definition) is 0. The first-order valence-corrected chi connectivity index (χ1v) is 16.7. The molecule has 0 bridgehead atoms. The second kappa shape index (κ2) is 11.2. The zero-order valence-electron chi connectivity index (χ0n) is 26.9. The summed E-state index contributed by atoms with van der Waals surface area (Å²) in [5, 5.41) is 0. The third kappa shape index (κ3) is 4.27. The summed E-state index contributed by atoms with van der Waals surface area (Å²) >= 11 is 0.